The molecule has 1 saturated heterocycles. The molecule has 3 fully saturated rings. The van der Waals surface area contributed by atoms with E-state index < -0.39 is 0 Å². The molecule has 0 aromatic rings. The summed E-state index contributed by atoms with van der Waals surface area (Å²) in [4.78, 5) is 2.91. The van der Waals surface area contributed by atoms with E-state index in [4.69, 9.17) is 0 Å². The van der Waals surface area contributed by atoms with Crippen LogP contribution in [0.5, 0.6) is 0 Å². The second kappa shape index (κ2) is 5.95. The molecule has 0 bridgehead atoms. The maximum atomic E-state index is 4.00. The fraction of sp³-hybridized carbons (Fsp3) is 1.00. The van der Waals surface area contributed by atoms with Crippen LogP contribution in [0, 0.1) is 0 Å². The van der Waals surface area contributed by atoms with Gasteiger partial charge in [0.25, 0.3) is 0 Å². The Morgan fingerprint density at radius 3 is 2.42 bits per heavy atom. The molecular weight excluding hydrogens is 252 g/mol. The van der Waals surface area contributed by atoms with Crippen molar-refractivity contribution in [2.75, 3.05) is 31.1 Å². The van der Waals surface area contributed by atoms with Crippen molar-refractivity contribution in [2.45, 2.75) is 69.4 Å². The fourth-order valence-corrected chi connectivity index (χ4v) is 5.24. The largest absolute Gasteiger partial charge is 0.308 e. The third kappa shape index (κ3) is 2.84. The van der Waals surface area contributed by atoms with Gasteiger partial charge in [-0.25, -0.2) is 0 Å². The van der Waals surface area contributed by atoms with Gasteiger partial charge in [0.15, 0.2) is 0 Å². The molecular formula is C16H30N2S. The van der Waals surface area contributed by atoms with Gasteiger partial charge in [-0.1, -0.05) is 32.6 Å². The van der Waals surface area contributed by atoms with E-state index in [2.05, 4.69) is 28.9 Å². The number of hydrogen-bond acceptors (Lipinski definition) is 3. The maximum absolute atomic E-state index is 4.00. The molecule has 1 aliphatic heterocycles. The van der Waals surface area contributed by atoms with Crippen molar-refractivity contribution in [2.24, 2.45) is 0 Å². The molecule has 2 nitrogen and oxygen atoms in total. The van der Waals surface area contributed by atoms with Gasteiger partial charge in [0.05, 0.1) is 0 Å². The van der Waals surface area contributed by atoms with Crippen LogP contribution in [0.2, 0.25) is 0 Å². The molecule has 3 aliphatic rings. The Morgan fingerprint density at radius 2 is 1.74 bits per heavy atom. The highest BCUT2D eigenvalue weighted by Crippen LogP contribution is 2.42. The van der Waals surface area contributed by atoms with Gasteiger partial charge in [-0.3, -0.25) is 4.90 Å². The van der Waals surface area contributed by atoms with Gasteiger partial charge in [0, 0.05) is 36.5 Å². The Bertz CT molecular complexity index is 293. The van der Waals surface area contributed by atoms with Crippen LogP contribution in [0.1, 0.15) is 58.3 Å². The molecule has 2 aliphatic carbocycles. The van der Waals surface area contributed by atoms with E-state index >= 15 is 0 Å². The summed E-state index contributed by atoms with van der Waals surface area (Å²) >= 11 is 2.11. The van der Waals surface area contributed by atoms with E-state index in [0.29, 0.717) is 11.1 Å². The molecule has 2 saturated carbocycles. The lowest BCUT2D eigenvalue weighted by atomic mass is 9.84. The average molecular weight is 282 g/mol. The van der Waals surface area contributed by atoms with E-state index in [0.717, 1.165) is 0 Å². The molecule has 1 heterocycles. The zero-order chi connectivity index (χ0) is 13.2. The van der Waals surface area contributed by atoms with Crippen molar-refractivity contribution < 1.29 is 0 Å². The molecule has 0 unspecified atom stereocenters. The Hall–Kier alpha value is 0.270. The lowest BCUT2D eigenvalue weighted by molar-refractivity contribution is 0.0145. The van der Waals surface area contributed by atoms with E-state index in [-0.39, 0.29) is 0 Å². The SMILES string of the molecule is CCSCCN1CC2(CCCC2)NCC12CCCC2. The smallest absolute Gasteiger partial charge is 0.0335 e. The van der Waals surface area contributed by atoms with E-state index in [1.165, 1.54) is 82.5 Å². The summed E-state index contributed by atoms with van der Waals surface area (Å²) in [6.07, 6.45) is 11.5. The molecule has 1 N–H and O–H groups in total. The highest BCUT2D eigenvalue weighted by molar-refractivity contribution is 7.99. The van der Waals surface area contributed by atoms with Gasteiger partial charge in [-0.2, -0.15) is 11.8 Å². The lowest BCUT2D eigenvalue weighted by Gasteiger charge is -2.53. The van der Waals surface area contributed by atoms with Crippen LogP contribution < -0.4 is 5.32 Å². The van der Waals surface area contributed by atoms with Gasteiger partial charge in [-0.05, 0) is 31.4 Å². The minimum atomic E-state index is 0.491. The molecule has 0 amide bonds. The third-order valence-electron chi connectivity index (χ3n) is 5.76. The summed E-state index contributed by atoms with van der Waals surface area (Å²) in [5, 5.41) is 4.00. The second-order valence-electron chi connectivity index (χ2n) is 6.89. The molecule has 110 valence electrons. The molecule has 0 atom stereocenters. The number of rotatable bonds is 4. The van der Waals surface area contributed by atoms with Crippen LogP contribution in [0.3, 0.4) is 0 Å². The number of thioether (sulfide) groups is 1. The van der Waals surface area contributed by atoms with Crippen LogP contribution >= 0.6 is 11.8 Å². The Morgan fingerprint density at radius 1 is 1.05 bits per heavy atom. The molecule has 0 radical (unpaired) electrons. The number of piperazine rings is 1. The van der Waals surface area contributed by atoms with Crippen molar-refractivity contribution in [1.82, 2.24) is 10.2 Å². The summed E-state index contributed by atoms with van der Waals surface area (Å²) in [5.74, 6) is 2.60. The summed E-state index contributed by atoms with van der Waals surface area (Å²) in [6.45, 7) is 6.20. The third-order valence-corrected chi connectivity index (χ3v) is 6.64. The Labute approximate surface area is 123 Å². The van der Waals surface area contributed by atoms with Crippen LogP contribution in [-0.4, -0.2) is 47.1 Å². The summed E-state index contributed by atoms with van der Waals surface area (Å²) in [5.41, 5.74) is 1.02. The quantitative estimate of drug-likeness (QED) is 0.797. The monoisotopic (exact) mass is 282 g/mol. The van der Waals surface area contributed by atoms with Crippen LogP contribution in [0.15, 0.2) is 0 Å². The van der Waals surface area contributed by atoms with E-state index in [1.54, 1.807) is 0 Å². The Kier molecular flexibility index (Phi) is 4.45. The Balaban J connectivity index is 1.68. The van der Waals surface area contributed by atoms with Crippen LogP contribution in [-0.2, 0) is 0 Å². The minimum absolute atomic E-state index is 0.491. The summed E-state index contributed by atoms with van der Waals surface area (Å²) in [7, 11) is 0. The van der Waals surface area contributed by atoms with Crippen molar-refractivity contribution in [3.8, 4) is 0 Å². The first-order valence-electron chi connectivity index (χ1n) is 8.37. The zero-order valence-corrected chi connectivity index (χ0v) is 13.4. The fourth-order valence-electron chi connectivity index (χ4n) is 4.60. The number of nitrogens with zero attached hydrogens (tertiary/aromatic N) is 1. The van der Waals surface area contributed by atoms with Crippen molar-refractivity contribution in [3.63, 3.8) is 0 Å². The molecule has 0 aromatic heterocycles. The lowest BCUT2D eigenvalue weighted by Crippen LogP contribution is -2.68. The maximum Gasteiger partial charge on any atom is 0.0335 e. The normalized spacial score (nSPS) is 29.5. The highest BCUT2D eigenvalue weighted by atomic mass is 32.2. The average Bonchev–Trinajstić information content (AvgIpc) is 3.05. The first-order valence-corrected chi connectivity index (χ1v) is 9.52. The highest BCUT2D eigenvalue weighted by Gasteiger charge is 2.48. The summed E-state index contributed by atoms with van der Waals surface area (Å²) in [6, 6.07) is 0. The molecule has 19 heavy (non-hydrogen) atoms. The van der Waals surface area contributed by atoms with Crippen molar-refractivity contribution >= 4 is 11.8 Å². The molecule has 3 rings (SSSR count). The van der Waals surface area contributed by atoms with Gasteiger partial charge in [-0.15, -0.1) is 0 Å². The van der Waals surface area contributed by atoms with Gasteiger partial charge >= 0.3 is 0 Å². The molecule has 3 heteroatoms. The van der Waals surface area contributed by atoms with Crippen LogP contribution in [0.25, 0.3) is 0 Å². The first-order chi connectivity index (χ1) is 9.29. The standard InChI is InChI=1S/C16H30N2S/c1-2-19-12-11-18-14-15(7-3-4-8-15)17-13-16(18)9-5-6-10-16/h17H,2-14H2,1H3. The van der Waals surface area contributed by atoms with Gasteiger partial charge in [0.1, 0.15) is 0 Å². The molecule has 0 aromatic carbocycles. The van der Waals surface area contributed by atoms with Gasteiger partial charge < -0.3 is 5.32 Å². The molecule has 2 spiro atoms. The number of hydrogen-bond donors (Lipinski definition) is 1. The predicted octanol–water partition coefficient (Wildman–Crippen LogP) is 3.27. The van der Waals surface area contributed by atoms with E-state index in [1.807, 2.05) is 0 Å². The predicted molar refractivity (Wildman–Crippen MR) is 85.0 cm³/mol. The zero-order valence-electron chi connectivity index (χ0n) is 12.5. The number of nitrogens with one attached hydrogen (secondary N) is 1. The van der Waals surface area contributed by atoms with Crippen molar-refractivity contribution in [3.05, 3.63) is 0 Å². The topological polar surface area (TPSA) is 15.3 Å². The first kappa shape index (κ1) is 14.2. The van der Waals surface area contributed by atoms with Crippen LogP contribution in [0.4, 0.5) is 0 Å². The van der Waals surface area contributed by atoms with E-state index in [9.17, 15) is 0 Å². The van der Waals surface area contributed by atoms with Gasteiger partial charge in [0.2, 0.25) is 0 Å². The van der Waals surface area contributed by atoms with Crippen molar-refractivity contribution in [1.29, 1.82) is 0 Å². The minimum Gasteiger partial charge on any atom is -0.308 e. The summed E-state index contributed by atoms with van der Waals surface area (Å²) < 4.78 is 0. The second-order valence-corrected chi connectivity index (χ2v) is 8.28.